The van der Waals surface area contributed by atoms with Crippen LogP contribution in [0.25, 0.3) is 0 Å². The van der Waals surface area contributed by atoms with Crippen LogP contribution in [0, 0.1) is 11.7 Å². The number of anilines is 2. The standard InChI is InChI=1S/C26H33FN6O2.3H2/c1-17(20(14-28)15-29-2)31-26(35)24(12-18-6-3-4-7-18)33-25(34)19-8-5-9-21(13-19)32-23-10-11-30-16-22(23)27;;;/h5,8-11,13-18,24H,3-4,6-7,12,28H2,1-2H3,(H,30,32)(H,31,35)(H,33,34);3*1H/b20-14+,29-15?;;;/t17-,24+;;;/m1.../s1. The number of pyridine rings is 1. The molecular formula is C26H39FN6O2. The van der Waals surface area contributed by atoms with Gasteiger partial charge in [-0.05, 0) is 43.5 Å². The van der Waals surface area contributed by atoms with Crippen molar-refractivity contribution >= 4 is 29.4 Å². The number of nitrogens with zero attached hydrogens (tertiary/aromatic N) is 2. The molecule has 1 aromatic heterocycles. The van der Waals surface area contributed by atoms with E-state index < -0.39 is 11.9 Å². The molecule has 0 radical (unpaired) electrons. The third-order valence-corrected chi connectivity index (χ3v) is 6.17. The van der Waals surface area contributed by atoms with Crippen LogP contribution >= 0.6 is 0 Å². The SMILES string of the molecule is CN=C/C(=C\N)[C@@H](C)NC(=O)[C@H](CC1CCCC1)NC(=O)c1cccc(Nc2ccncc2F)c1.[HH].[HH].[HH]. The molecule has 1 heterocycles. The Hall–Kier alpha value is -3.75. The van der Waals surface area contributed by atoms with E-state index in [0.717, 1.165) is 31.9 Å². The summed E-state index contributed by atoms with van der Waals surface area (Å²) in [6.45, 7) is 1.82. The number of benzene rings is 1. The second kappa shape index (κ2) is 12.6. The average Bonchev–Trinajstić information content (AvgIpc) is 3.36. The summed E-state index contributed by atoms with van der Waals surface area (Å²) in [6.07, 6.45) is 10.5. The van der Waals surface area contributed by atoms with Crippen molar-refractivity contribution in [2.45, 2.75) is 51.1 Å². The monoisotopic (exact) mass is 486 g/mol. The van der Waals surface area contributed by atoms with Gasteiger partial charge in [0.1, 0.15) is 6.04 Å². The Morgan fingerprint density at radius 1 is 1.29 bits per heavy atom. The normalized spacial score (nSPS) is 16.1. The molecule has 0 bridgehead atoms. The maximum Gasteiger partial charge on any atom is 0.252 e. The van der Waals surface area contributed by atoms with Crippen LogP contribution in [-0.4, -0.2) is 42.1 Å². The predicted octanol–water partition coefficient (Wildman–Crippen LogP) is 4.43. The van der Waals surface area contributed by atoms with E-state index in [1.54, 1.807) is 37.5 Å². The smallest absolute Gasteiger partial charge is 0.252 e. The molecule has 3 rings (SSSR count). The van der Waals surface area contributed by atoms with Crippen molar-refractivity contribution in [3.8, 4) is 0 Å². The van der Waals surface area contributed by atoms with Crippen LogP contribution in [0.5, 0.6) is 0 Å². The number of halogens is 1. The molecule has 35 heavy (non-hydrogen) atoms. The molecule has 1 aliphatic rings. The quantitative estimate of drug-likeness (QED) is 0.370. The fourth-order valence-corrected chi connectivity index (χ4v) is 4.27. The summed E-state index contributed by atoms with van der Waals surface area (Å²) in [5, 5.41) is 8.81. The van der Waals surface area contributed by atoms with Gasteiger partial charge in [0.25, 0.3) is 5.91 Å². The molecule has 9 heteroatoms. The maximum absolute atomic E-state index is 14.0. The van der Waals surface area contributed by atoms with Crippen LogP contribution in [0.1, 0.15) is 53.7 Å². The van der Waals surface area contributed by atoms with E-state index in [4.69, 9.17) is 5.73 Å². The van der Waals surface area contributed by atoms with Crippen LogP contribution in [0.15, 0.2) is 59.5 Å². The number of carbonyl (C=O) groups excluding carboxylic acids is 2. The van der Waals surface area contributed by atoms with Crippen LogP contribution in [0.2, 0.25) is 0 Å². The van der Waals surface area contributed by atoms with E-state index >= 15 is 0 Å². The number of carbonyl (C=O) groups is 2. The van der Waals surface area contributed by atoms with Gasteiger partial charge >= 0.3 is 0 Å². The lowest BCUT2D eigenvalue weighted by atomic mass is 9.97. The summed E-state index contributed by atoms with van der Waals surface area (Å²) in [5.74, 6) is -0.761. The molecule has 1 fully saturated rings. The summed E-state index contributed by atoms with van der Waals surface area (Å²) in [5.41, 5.74) is 7.51. The molecule has 1 saturated carbocycles. The second-order valence-corrected chi connectivity index (χ2v) is 8.76. The van der Waals surface area contributed by atoms with Crippen LogP contribution in [0.4, 0.5) is 15.8 Å². The molecule has 0 saturated heterocycles. The van der Waals surface area contributed by atoms with Crippen molar-refractivity contribution in [3.05, 3.63) is 65.9 Å². The summed E-state index contributed by atoms with van der Waals surface area (Å²) in [7, 11) is 1.63. The van der Waals surface area contributed by atoms with Crippen LogP contribution < -0.4 is 21.7 Å². The number of nitrogens with two attached hydrogens (primary N) is 1. The van der Waals surface area contributed by atoms with Gasteiger partial charge in [0.2, 0.25) is 5.91 Å². The third-order valence-electron chi connectivity index (χ3n) is 6.17. The number of hydrogen-bond acceptors (Lipinski definition) is 6. The second-order valence-electron chi connectivity index (χ2n) is 8.76. The molecule has 2 aromatic rings. The highest BCUT2D eigenvalue weighted by atomic mass is 19.1. The van der Waals surface area contributed by atoms with Gasteiger partial charge in [-0.3, -0.25) is 19.6 Å². The zero-order valence-electron chi connectivity index (χ0n) is 20.1. The van der Waals surface area contributed by atoms with Crippen molar-refractivity contribution in [2.75, 3.05) is 12.4 Å². The van der Waals surface area contributed by atoms with Gasteiger partial charge in [-0.15, -0.1) is 0 Å². The first-order chi connectivity index (χ1) is 16.9. The molecule has 2 amide bonds. The van der Waals surface area contributed by atoms with E-state index in [1.807, 2.05) is 6.92 Å². The summed E-state index contributed by atoms with van der Waals surface area (Å²) < 4.78 is 14.0. The first-order valence-corrected chi connectivity index (χ1v) is 11.8. The Bertz CT molecular complexity index is 1100. The van der Waals surface area contributed by atoms with Gasteiger partial charge in [0, 0.05) is 46.8 Å². The first-order valence-electron chi connectivity index (χ1n) is 11.8. The van der Waals surface area contributed by atoms with Gasteiger partial charge in [-0.2, -0.15) is 0 Å². The Morgan fingerprint density at radius 3 is 2.74 bits per heavy atom. The lowest BCUT2D eigenvalue weighted by Gasteiger charge is -2.24. The highest BCUT2D eigenvalue weighted by Gasteiger charge is 2.28. The minimum Gasteiger partial charge on any atom is -0.404 e. The lowest BCUT2D eigenvalue weighted by molar-refractivity contribution is -0.123. The largest absolute Gasteiger partial charge is 0.404 e. The fraction of sp³-hybridized carbons (Fsp3) is 0.385. The first kappa shape index (κ1) is 25.9. The molecular weight excluding hydrogens is 447 g/mol. The highest BCUT2D eigenvalue weighted by molar-refractivity contribution is 5.98. The highest BCUT2D eigenvalue weighted by Crippen LogP contribution is 2.29. The number of nitrogens with one attached hydrogen (secondary N) is 3. The predicted molar refractivity (Wildman–Crippen MR) is 142 cm³/mol. The van der Waals surface area contributed by atoms with Gasteiger partial charge in [-0.1, -0.05) is 31.7 Å². The molecule has 192 valence electrons. The number of rotatable bonds is 10. The van der Waals surface area contributed by atoms with E-state index in [9.17, 15) is 14.0 Å². The minimum atomic E-state index is -0.695. The zero-order valence-corrected chi connectivity index (χ0v) is 20.1. The van der Waals surface area contributed by atoms with Crippen LogP contribution in [0.3, 0.4) is 0 Å². The maximum atomic E-state index is 14.0. The summed E-state index contributed by atoms with van der Waals surface area (Å²) in [4.78, 5) is 34.0. The van der Waals surface area contributed by atoms with E-state index in [-0.39, 0.29) is 27.8 Å². The number of aliphatic imine (C=N–C) groups is 1. The van der Waals surface area contributed by atoms with Gasteiger partial charge in [-0.25, -0.2) is 4.39 Å². The van der Waals surface area contributed by atoms with Gasteiger partial charge in [0.15, 0.2) is 5.82 Å². The minimum absolute atomic E-state index is 0. The molecule has 0 unspecified atom stereocenters. The lowest BCUT2D eigenvalue weighted by Crippen LogP contribution is -2.50. The molecule has 0 spiro atoms. The van der Waals surface area contributed by atoms with E-state index in [2.05, 4.69) is 25.9 Å². The Kier molecular flexibility index (Phi) is 9.34. The Morgan fingerprint density at radius 2 is 2.06 bits per heavy atom. The summed E-state index contributed by atoms with van der Waals surface area (Å²) >= 11 is 0. The van der Waals surface area contributed by atoms with Crippen molar-refractivity contribution in [1.82, 2.24) is 15.6 Å². The number of amides is 2. The molecule has 1 aliphatic carbocycles. The van der Waals surface area contributed by atoms with Gasteiger partial charge < -0.3 is 21.7 Å². The average molecular weight is 487 g/mol. The van der Waals surface area contributed by atoms with E-state index in [1.165, 1.54) is 18.5 Å². The van der Waals surface area contributed by atoms with Gasteiger partial charge in [0.05, 0.1) is 17.9 Å². The van der Waals surface area contributed by atoms with Crippen molar-refractivity contribution in [1.29, 1.82) is 0 Å². The molecule has 8 nitrogen and oxygen atoms in total. The zero-order chi connectivity index (χ0) is 25.2. The van der Waals surface area contributed by atoms with Crippen molar-refractivity contribution in [3.63, 3.8) is 0 Å². The van der Waals surface area contributed by atoms with E-state index in [0.29, 0.717) is 29.2 Å². The Balaban J connectivity index is 0.00000456. The third kappa shape index (κ3) is 7.37. The fourth-order valence-electron chi connectivity index (χ4n) is 4.27. The van der Waals surface area contributed by atoms with Crippen molar-refractivity contribution in [2.24, 2.45) is 16.6 Å². The van der Waals surface area contributed by atoms with Crippen molar-refractivity contribution < 1.29 is 18.3 Å². The molecule has 2 atom stereocenters. The molecule has 5 N–H and O–H groups in total. The van der Waals surface area contributed by atoms with Crippen LogP contribution in [-0.2, 0) is 4.79 Å². The molecule has 1 aromatic carbocycles. The number of aromatic nitrogens is 1. The Labute approximate surface area is 209 Å². The summed E-state index contributed by atoms with van der Waals surface area (Å²) in [6, 6.07) is 7.17. The molecule has 0 aliphatic heterocycles. The number of hydrogen-bond donors (Lipinski definition) is 4. The topological polar surface area (TPSA) is 121 Å².